The Balaban J connectivity index is 2.80. The molecule has 0 aliphatic carbocycles. The highest BCUT2D eigenvalue weighted by atomic mass is 16.1. The third kappa shape index (κ3) is 2.69. The molecule has 0 aliphatic rings. The number of benzene rings is 1. The maximum atomic E-state index is 11.8. The van der Waals surface area contributed by atoms with Crippen LogP contribution in [0.5, 0.6) is 0 Å². The molecule has 0 N–H and O–H groups in total. The van der Waals surface area contributed by atoms with Gasteiger partial charge in [0.1, 0.15) is 5.78 Å². The summed E-state index contributed by atoms with van der Waals surface area (Å²) in [6.45, 7) is 7.94. The van der Waals surface area contributed by atoms with Crippen LogP contribution in [0.4, 0.5) is 0 Å². The average molecular weight is 190 g/mol. The van der Waals surface area contributed by atoms with E-state index in [1.165, 1.54) is 5.56 Å². The summed E-state index contributed by atoms with van der Waals surface area (Å²) in [4.78, 5) is 11.8. The number of aryl methyl sites for hydroxylation is 1. The van der Waals surface area contributed by atoms with Crippen LogP contribution >= 0.6 is 0 Å². The minimum atomic E-state index is -0.234. The number of hydrogen-bond donors (Lipinski definition) is 0. The van der Waals surface area contributed by atoms with Crippen LogP contribution in [0.2, 0.25) is 0 Å². The van der Waals surface area contributed by atoms with Crippen molar-refractivity contribution < 1.29 is 4.79 Å². The third-order valence-corrected chi connectivity index (χ3v) is 2.45. The Bertz CT molecular complexity index is 331. The highest BCUT2D eigenvalue weighted by Gasteiger charge is 2.21. The van der Waals surface area contributed by atoms with Gasteiger partial charge in [-0.05, 0) is 18.1 Å². The minimum absolute atomic E-state index is 0.234. The van der Waals surface area contributed by atoms with Gasteiger partial charge in [0.05, 0.1) is 0 Å². The fourth-order valence-electron chi connectivity index (χ4n) is 1.25. The number of ketones is 1. The molecule has 1 aromatic carbocycles. The predicted octanol–water partition coefficient (Wildman–Crippen LogP) is 3.15. The molecular formula is C13H18O. The molecule has 0 aliphatic heterocycles. The van der Waals surface area contributed by atoms with E-state index in [1.54, 1.807) is 0 Å². The predicted molar refractivity (Wildman–Crippen MR) is 59.3 cm³/mol. The Morgan fingerprint density at radius 2 is 1.79 bits per heavy atom. The van der Waals surface area contributed by atoms with E-state index in [1.807, 2.05) is 52.0 Å². The first kappa shape index (κ1) is 11.0. The van der Waals surface area contributed by atoms with E-state index in [0.717, 1.165) is 5.56 Å². The van der Waals surface area contributed by atoms with Crippen LogP contribution in [-0.2, 0) is 11.2 Å². The van der Waals surface area contributed by atoms with Crippen molar-refractivity contribution in [1.82, 2.24) is 0 Å². The topological polar surface area (TPSA) is 17.1 Å². The van der Waals surface area contributed by atoms with Crippen molar-refractivity contribution in [1.29, 1.82) is 0 Å². The number of carbonyl (C=O) groups is 1. The van der Waals surface area contributed by atoms with Crippen molar-refractivity contribution in [3.8, 4) is 0 Å². The zero-order valence-corrected chi connectivity index (χ0v) is 9.42. The molecule has 0 radical (unpaired) electrons. The number of hydrogen-bond acceptors (Lipinski definition) is 1. The second kappa shape index (κ2) is 3.95. The molecule has 1 heteroatoms. The molecule has 1 nitrogen and oxygen atoms in total. The van der Waals surface area contributed by atoms with E-state index in [0.29, 0.717) is 12.2 Å². The molecule has 1 aromatic rings. The molecule has 0 atom stereocenters. The van der Waals surface area contributed by atoms with Crippen LogP contribution in [-0.4, -0.2) is 5.78 Å². The van der Waals surface area contributed by atoms with E-state index >= 15 is 0 Å². The average Bonchev–Trinajstić information content (AvgIpc) is 2.07. The van der Waals surface area contributed by atoms with Gasteiger partial charge in [0.25, 0.3) is 0 Å². The second-order valence-electron chi connectivity index (χ2n) is 4.78. The highest BCUT2D eigenvalue weighted by Crippen LogP contribution is 2.19. The van der Waals surface area contributed by atoms with Crippen LogP contribution < -0.4 is 0 Å². The molecule has 0 amide bonds. The highest BCUT2D eigenvalue weighted by molar-refractivity contribution is 5.85. The van der Waals surface area contributed by atoms with Gasteiger partial charge in [0.15, 0.2) is 0 Å². The van der Waals surface area contributed by atoms with E-state index < -0.39 is 0 Å². The first-order valence-corrected chi connectivity index (χ1v) is 4.99. The quantitative estimate of drug-likeness (QED) is 0.700. The van der Waals surface area contributed by atoms with Gasteiger partial charge in [0.2, 0.25) is 0 Å². The normalized spacial score (nSPS) is 11.4. The Morgan fingerprint density at radius 3 is 2.29 bits per heavy atom. The van der Waals surface area contributed by atoms with E-state index in [9.17, 15) is 4.79 Å². The fraction of sp³-hybridized carbons (Fsp3) is 0.462. The summed E-state index contributed by atoms with van der Waals surface area (Å²) >= 11 is 0. The summed E-state index contributed by atoms with van der Waals surface area (Å²) in [6, 6.07) is 8.06. The molecule has 0 heterocycles. The Kier molecular flexibility index (Phi) is 3.10. The molecule has 0 aromatic heterocycles. The molecule has 0 fully saturated rings. The van der Waals surface area contributed by atoms with Crippen LogP contribution in [0.15, 0.2) is 24.3 Å². The molecule has 1 rings (SSSR count). The fourth-order valence-corrected chi connectivity index (χ4v) is 1.25. The van der Waals surface area contributed by atoms with Crippen LogP contribution in [0.1, 0.15) is 31.9 Å². The van der Waals surface area contributed by atoms with Crippen molar-refractivity contribution in [3.05, 3.63) is 35.4 Å². The molecule has 0 saturated heterocycles. The first-order chi connectivity index (χ1) is 6.41. The van der Waals surface area contributed by atoms with Gasteiger partial charge in [0, 0.05) is 11.8 Å². The molecule has 14 heavy (non-hydrogen) atoms. The lowest BCUT2D eigenvalue weighted by atomic mass is 9.86. The van der Waals surface area contributed by atoms with Crippen molar-refractivity contribution >= 4 is 5.78 Å². The summed E-state index contributed by atoms with van der Waals surface area (Å²) in [5.74, 6) is 0.298. The van der Waals surface area contributed by atoms with Crippen molar-refractivity contribution in [2.45, 2.75) is 34.1 Å². The van der Waals surface area contributed by atoms with Crippen LogP contribution in [0, 0.1) is 12.3 Å². The van der Waals surface area contributed by atoms with Gasteiger partial charge in [-0.3, -0.25) is 4.79 Å². The molecule has 0 bridgehead atoms. The smallest absolute Gasteiger partial charge is 0.142 e. The number of Topliss-reactive ketones (excluding diaryl/α,β-unsaturated/α-hetero) is 1. The van der Waals surface area contributed by atoms with Crippen LogP contribution in [0.3, 0.4) is 0 Å². The Hall–Kier alpha value is -1.11. The van der Waals surface area contributed by atoms with Gasteiger partial charge in [-0.1, -0.05) is 45.0 Å². The van der Waals surface area contributed by atoms with Crippen molar-refractivity contribution in [3.63, 3.8) is 0 Å². The Morgan fingerprint density at radius 1 is 1.21 bits per heavy atom. The zero-order chi connectivity index (χ0) is 10.8. The van der Waals surface area contributed by atoms with Gasteiger partial charge in [-0.25, -0.2) is 0 Å². The lowest BCUT2D eigenvalue weighted by Gasteiger charge is -2.17. The zero-order valence-electron chi connectivity index (χ0n) is 9.42. The maximum Gasteiger partial charge on any atom is 0.142 e. The SMILES string of the molecule is Cc1ccccc1CC(=O)C(C)(C)C. The number of rotatable bonds is 2. The van der Waals surface area contributed by atoms with Crippen LogP contribution in [0.25, 0.3) is 0 Å². The summed E-state index contributed by atoms with van der Waals surface area (Å²) in [6.07, 6.45) is 0.552. The summed E-state index contributed by atoms with van der Waals surface area (Å²) < 4.78 is 0. The monoisotopic (exact) mass is 190 g/mol. The Labute approximate surface area is 86.1 Å². The van der Waals surface area contributed by atoms with E-state index in [-0.39, 0.29) is 5.41 Å². The lowest BCUT2D eigenvalue weighted by Crippen LogP contribution is -2.22. The summed E-state index contributed by atoms with van der Waals surface area (Å²) in [7, 11) is 0. The molecule has 76 valence electrons. The number of carbonyl (C=O) groups excluding carboxylic acids is 1. The van der Waals surface area contributed by atoms with E-state index in [4.69, 9.17) is 0 Å². The third-order valence-electron chi connectivity index (χ3n) is 2.45. The van der Waals surface area contributed by atoms with Gasteiger partial charge < -0.3 is 0 Å². The second-order valence-corrected chi connectivity index (χ2v) is 4.78. The summed E-state index contributed by atoms with van der Waals surface area (Å²) in [5, 5.41) is 0. The van der Waals surface area contributed by atoms with Crippen molar-refractivity contribution in [2.75, 3.05) is 0 Å². The maximum absolute atomic E-state index is 11.8. The lowest BCUT2D eigenvalue weighted by molar-refractivity contribution is -0.125. The molecule has 0 unspecified atom stereocenters. The minimum Gasteiger partial charge on any atom is -0.299 e. The molecule has 0 saturated carbocycles. The van der Waals surface area contributed by atoms with Gasteiger partial charge >= 0.3 is 0 Å². The summed E-state index contributed by atoms with van der Waals surface area (Å²) in [5.41, 5.74) is 2.11. The van der Waals surface area contributed by atoms with Crippen molar-refractivity contribution in [2.24, 2.45) is 5.41 Å². The molecule has 0 spiro atoms. The largest absolute Gasteiger partial charge is 0.299 e. The van der Waals surface area contributed by atoms with E-state index in [2.05, 4.69) is 0 Å². The molecular weight excluding hydrogens is 172 g/mol. The standard InChI is InChI=1S/C13H18O/c1-10-7-5-6-8-11(10)9-12(14)13(2,3)4/h5-8H,9H2,1-4H3. The van der Waals surface area contributed by atoms with Gasteiger partial charge in [-0.15, -0.1) is 0 Å². The van der Waals surface area contributed by atoms with Gasteiger partial charge in [-0.2, -0.15) is 0 Å². The first-order valence-electron chi connectivity index (χ1n) is 4.99.